The zero-order valence-electron chi connectivity index (χ0n) is 10.7. The van der Waals surface area contributed by atoms with Crippen molar-refractivity contribution >= 4 is 56.7 Å². The van der Waals surface area contributed by atoms with Crippen LogP contribution in [0.3, 0.4) is 0 Å². The first-order chi connectivity index (χ1) is 10.0. The number of benzene rings is 1. The molecule has 3 rings (SSSR count). The van der Waals surface area contributed by atoms with E-state index in [4.69, 9.17) is 3.07 Å². The second-order valence-electron chi connectivity index (χ2n) is 4.88. The molecule has 0 aliphatic carbocycles. The third-order valence-electron chi connectivity index (χ3n) is 3.69. The topological polar surface area (TPSA) is 75.7 Å². The van der Waals surface area contributed by atoms with Gasteiger partial charge in [0.25, 0.3) is 5.91 Å². The van der Waals surface area contributed by atoms with E-state index >= 15 is 0 Å². The summed E-state index contributed by atoms with van der Waals surface area (Å²) < 4.78 is 6.01. The maximum Gasteiger partial charge on any atom is 0.259 e. The van der Waals surface area contributed by atoms with E-state index in [9.17, 15) is 14.4 Å². The van der Waals surface area contributed by atoms with Crippen molar-refractivity contribution < 1.29 is 17.4 Å². The van der Waals surface area contributed by atoms with Crippen molar-refractivity contribution in [3.8, 4) is 5.75 Å². The van der Waals surface area contributed by atoms with E-state index < -0.39 is 11.9 Å². The molecule has 3 amide bonds. The van der Waals surface area contributed by atoms with Crippen LogP contribution in [0.2, 0.25) is 0 Å². The number of halogens is 2. The molecule has 0 aromatic heterocycles. The molecule has 1 aromatic rings. The average Bonchev–Trinajstić information content (AvgIpc) is 2.79. The predicted octanol–water partition coefficient (Wildman–Crippen LogP) is 1.94. The number of piperidine rings is 1. The number of fused-ring (bicyclic) bond motifs is 1. The molecule has 0 radical (unpaired) electrons. The summed E-state index contributed by atoms with van der Waals surface area (Å²) in [6, 6.07) is 2.91. The molecule has 1 aromatic carbocycles. The van der Waals surface area contributed by atoms with Gasteiger partial charge in [-0.1, -0.05) is 15.9 Å². The molecule has 1 N–H and O–H groups in total. The van der Waals surface area contributed by atoms with Gasteiger partial charge in [-0.15, -0.1) is 0 Å². The maximum absolute atomic E-state index is 12.6. The van der Waals surface area contributed by atoms with Crippen LogP contribution in [0.1, 0.15) is 28.8 Å². The van der Waals surface area contributed by atoms with E-state index in [1.807, 2.05) is 6.07 Å². The fraction of sp³-hybridized carbons (Fsp3) is 0.308. The van der Waals surface area contributed by atoms with Gasteiger partial charge >= 0.3 is 0 Å². The van der Waals surface area contributed by atoms with Crippen molar-refractivity contribution in [3.05, 3.63) is 27.7 Å². The molecule has 2 heterocycles. The number of amides is 3. The molecule has 6 nitrogen and oxygen atoms in total. The Hall–Kier alpha value is -1.16. The Kier molecular flexibility index (Phi) is 3.91. The van der Waals surface area contributed by atoms with Crippen molar-refractivity contribution in [1.82, 2.24) is 10.2 Å². The molecule has 110 valence electrons. The summed E-state index contributed by atoms with van der Waals surface area (Å²) in [5, 5.41) is 2.28. The Labute approximate surface area is 143 Å². The van der Waals surface area contributed by atoms with Crippen LogP contribution in [0.15, 0.2) is 16.6 Å². The quantitative estimate of drug-likeness (QED) is 0.536. The van der Waals surface area contributed by atoms with E-state index in [0.717, 1.165) is 10.0 Å². The van der Waals surface area contributed by atoms with Crippen molar-refractivity contribution in [3.63, 3.8) is 0 Å². The highest BCUT2D eigenvalue weighted by molar-refractivity contribution is 14.1. The first-order valence-electron chi connectivity index (χ1n) is 6.27. The molecule has 1 atom stereocenters. The zero-order chi connectivity index (χ0) is 15.1. The zero-order valence-corrected chi connectivity index (χ0v) is 14.4. The number of nitrogens with zero attached hydrogens (tertiary/aromatic N) is 1. The van der Waals surface area contributed by atoms with Crippen LogP contribution >= 0.6 is 38.9 Å². The van der Waals surface area contributed by atoms with Gasteiger partial charge in [0.1, 0.15) is 11.8 Å². The molecule has 1 saturated heterocycles. The number of carbonyl (C=O) groups excluding carboxylic acids is 3. The highest BCUT2D eigenvalue weighted by Gasteiger charge is 2.41. The lowest BCUT2D eigenvalue weighted by Crippen LogP contribution is -2.52. The lowest BCUT2D eigenvalue weighted by Gasteiger charge is -2.29. The van der Waals surface area contributed by atoms with Gasteiger partial charge in [-0.3, -0.25) is 19.7 Å². The van der Waals surface area contributed by atoms with Crippen molar-refractivity contribution in [2.45, 2.75) is 25.4 Å². The van der Waals surface area contributed by atoms with E-state index in [1.165, 1.54) is 4.90 Å². The Morgan fingerprint density at radius 2 is 2.10 bits per heavy atom. The van der Waals surface area contributed by atoms with E-state index in [-0.39, 0.29) is 18.2 Å². The molecule has 0 saturated carbocycles. The molecule has 0 bridgehead atoms. The third-order valence-corrected chi connectivity index (χ3v) is 4.91. The number of hydrogen-bond donors (Lipinski definition) is 1. The fourth-order valence-electron chi connectivity index (χ4n) is 2.67. The van der Waals surface area contributed by atoms with E-state index in [2.05, 4.69) is 21.2 Å². The fourth-order valence-corrected chi connectivity index (χ4v) is 3.49. The number of nitrogens with one attached hydrogen (secondary N) is 1. The average molecular weight is 465 g/mol. The molecule has 0 spiro atoms. The summed E-state index contributed by atoms with van der Waals surface area (Å²) in [7, 11) is 0. The van der Waals surface area contributed by atoms with Crippen molar-refractivity contribution in [2.75, 3.05) is 0 Å². The van der Waals surface area contributed by atoms with Crippen LogP contribution < -0.4 is 8.38 Å². The summed E-state index contributed by atoms with van der Waals surface area (Å²) in [5.41, 5.74) is 1.28. The van der Waals surface area contributed by atoms with Crippen molar-refractivity contribution in [1.29, 1.82) is 0 Å². The first-order valence-corrected chi connectivity index (χ1v) is 7.95. The summed E-state index contributed by atoms with van der Waals surface area (Å²) in [5.74, 6) is -0.473. The number of hydrogen-bond acceptors (Lipinski definition) is 4. The van der Waals surface area contributed by atoms with Gasteiger partial charge in [-0.2, -0.15) is 0 Å². The molecule has 8 heteroatoms. The summed E-state index contributed by atoms with van der Waals surface area (Å²) in [6.45, 7) is 0.328. The smallest absolute Gasteiger partial charge is 0.259 e. The van der Waals surface area contributed by atoms with Crippen molar-refractivity contribution in [2.24, 2.45) is 0 Å². The van der Waals surface area contributed by atoms with E-state index in [1.54, 1.807) is 29.1 Å². The number of rotatable bonds is 2. The van der Waals surface area contributed by atoms with E-state index in [0.29, 0.717) is 24.3 Å². The van der Waals surface area contributed by atoms with Gasteiger partial charge < -0.3 is 7.97 Å². The Morgan fingerprint density at radius 3 is 2.76 bits per heavy atom. The minimum absolute atomic E-state index is 0.243. The maximum atomic E-state index is 12.6. The van der Waals surface area contributed by atoms with Crippen LogP contribution in [0.4, 0.5) is 0 Å². The van der Waals surface area contributed by atoms with Gasteiger partial charge in [-0.25, -0.2) is 0 Å². The molecular weight excluding hydrogens is 455 g/mol. The first kappa shape index (κ1) is 14.8. The van der Waals surface area contributed by atoms with Gasteiger partial charge in [0.15, 0.2) is 23.0 Å². The van der Waals surface area contributed by atoms with Gasteiger partial charge in [0.05, 0.1) is 5.56 Å². The molecule has 21 heavy (non-hydrogen) atoms. The predicted molar refractivity (Wildman–Crippen MR) is 84.8 cm³/mol. The molecular formula is C13H10BrIN2O4. The van der Waals surface area contributed by atoms with Crippen LogP contribution in [-0.2, 0) is 16.1 Å². The van der Waals surface area contributed by atoms with Gasteiger partial charge in [0, 0.05) is 23.0 Å². The van der Waals surface area contributed by atoms with Gasteiger partial charge in [0.2, 0.25) is 11.8 Å². The summed E-state index contributed by atoms with van der Waals surface area (Å²) in [6.07, 6.45) is 0.593. The Bertz CT molecular complexity index is 664. The molecule has 1 unspecified atom stereocenters. The van der Waals surface area contributed by atoms with Crippen LogP contribution in [0.5, 0.6) is 5.75 Å². The Balaban J connectivity index is 1.95. The van der Waals surface area contributed by atoms with Crippen LogP contribution in [0.25, 0.3) is 0 Å². The second-order valence-corrected chi connectivity index (χ2v) is 6.17. The largest absolute Gasteiger partial charge is 0.427 e. The lowest BCUT2D eigenvalue weighted by molar-refractivity contribution is -0.136. The molecule has 2 aliphatic rings. The highest BCUT2D eigenvalue weighted by atomic mass is 127. The Morgan fingerprint density at radius 1 is 1.33 bits per heavy atom. The number of carbonyl (C=O) groups is 3. The standard InChI is InChI=1S/C13H10BrIN2O4/c14-7-1-3-9(21-15)11-6(7)5-17(13(11)20)8-2-4-10(18)16-12(8)19/h1,3,8H,2,4-5H2,(H,16,18,19). The second kappa shape index (κ2) is 5.56. The summed E-state index contributed by atoms with van der Waals surface area (Å²) >= 11 is 5.15. The minimum atomic E-state index is -0.614. The molecule has 2 aliphatic heterocycles. The highest BCUT2D eigenvalue weighted by Crippen LogP contribution is 2.38. The lowest BCUT2D eigenvalue weighted by atomic mass is 10.0. The third kappa shape index (κ3) is 2.44. The van der Waals surface area contributed by atoms with Crippen LogP contribution in [0, 0.1) is 0 Å². The van der Waals surface area contributed by atoms with Crippen LogP contribution in [-0.4, -0.2) is 28.7 Å². The number of imide groups is 1. The van der Waals surface area contributed by atoms with Gasteiger partial charge in [-0.05, 0) is 18.6 Å². The summed E-state index contributed by atoms with van der Waals surface area (Å²) in [4.78, 5) is 37.3. The minimum Gasteiger partial charge on any atom is -0.427 e. The normalized spacial score (nSPS) is 21.3. The molecule has 1 fully saturated rings. The SMILES string of the molecule is O=C1CCC(N2Cc3c(Br)ccc(OI)c3C2=O)C(=O)N1. The monoisotopic (exact) mass is 464 g/mol.